The predicted octanol–water partition coefficient (Wildman–Crippen LogP) is 2.25. The Morgan fingerprint density at radius 3 is 2.47 bits per heavy atom. The second-order valence-corrected chi connectivity index (χ2v) is 5.04. The molecule has 1 aromatic rings. The molecule has 17 heavy (non-hydrogen) atoms. The van der Waals surface area contributed by atoms with Gasteiger partial charge in [-0.05, 0) is 32.9 Å². The van der Waals surface area contributed by atoms with Gasteiger partial charge < -0.3 is 10.2 Å². The Morgan fingerprint density at radius 1 is 1.41 bits per heavy atom. The topological polar surface area (TPSA) is 45.2 Å². The molecule has 1 heterocycles. The number of anilines is 1. The number of nitrogens with zero attached hydrogens (tertiary/aromatic N) is 2. The summed E-state index contributed by atoms with van der Waals surface area (Å²) in [5, 5.41) is 3.15. The number of hydrogen-bond donors (Lipinski definition) is 2. The maximum absolute atomic E-state index is 11.9. The first-order valence-electron chi connectivity index (χ1n) is 5.59. The van der Waals surface area contributed by atoms with Crippen LogP contribution in [0.15, 0.2) is 18.3 Å². The highest BCUT2D eigenvalue weighted by molar-refractivity contribution is 7.81. The fraction of sp³-hybridized carbons (Fsp3) is 0.500. The van der Waals surface area contributed by atoms with Gasteiger partial charge >= 0.3 is 0 Å². The van der Waals surface area contributed by atoms with E-state index in [1.54, 1.807) is 24.2 Å². The number of pyridine rings is 1. The lowest BCUT2D eigenvalue weighted by Gasteiger charge is -2.21. The second-order valence-electron chi connectivity index (χ2n) is 4.26. The van der Waals surface area contributed by atoms with Crippen LogP contribution in [-0.4, -0.2) is 34.3 Å². The summed E-state index contributed by atoms with van der Waals surface area (Å²) in [5.74, 6) is -0.0644. The Bertz CT molecular complexity index is 376. The van der Waals surface area contributed by atoms with Gasteiger partial charge in [0.1, 0.15) is 5.69 Å². The summed E-state index contributed by atoms with van der Waals surface area (Å²) < 4.78 is 0. The standard InChI is InChI=1S/C12H19N3OS/c1-8(2)15(4)12(16)11-6-5-10(7-13-11)14-9(3)17/h5-9,14,17H,1-4H3. The molecule has 1 unspecified atom stereocenters. The second kappa shape index (κ2) is 5.91. The molecule has 0 fully saturated rings. The molecule has 0 aliphatic carbocycles. The molecule has 0 bridgehead atoms. The monoisotopic (exact) mass is 253 g/mol. The van der Waals surface area contributed by atoms with Gasteiger partial charge in [-0.25, -0.2) is 4.98 Å². The van der Waals surface area contributed by atoms with Gasteiger partial charge in [-0.3, -0.25) is 4.79 Å². The summed E-state index contributed by atoms with van der Waals surface area (Å²) in [6.45, 7) is 5.86. The van der Waals surface area contributed by atoms with Crippen molar-refractivity contribution in [2.45, 2.75) is 32.2 Å². The van der Waals surface area contributed by atoms with Gasteiger partial charge in [0.05, 0.1) is 17.3 Å². The van der Waals surface area contributed by atoms with Crippen LogP contribution >= 0.6 is 12.6 Å². The van der Waals surface area contributed by atoms with Gasteiger partial charge in [0, 0.05) is 13.1 Å². The molecular formula is C12H19N3OS. The zero-order valence-electron chi connectivity index (χ0n) is 10.6. The molecule has 4 nitrogen and oxygen atoms in total. The van der Waals surface area contributed by atoms with Gasteiger partial charge in [-0.2, -0.15) is 12.6 Å². The molecule has 1 atom stereocenters. The molecule has 1 rings (SSSR count). The van der Waals surface area contributed by atoms with Crippen LogP contribution in [0, 0.1) is 0 Å². The van der Waals surface area contributed by atoms with Gasteiger partial charge in [0.15, 0.2) is 0 Å². The fourth-order valence-corrected chi connectivity index (χ4v) is 1.41. The van der Waals surface area contributed by atoms with E-state index in [1.165, 1.54) is 0 Å². The number of hydrogen-bond acceptors (Lipinski definition) is 4. The van der Waals surface area contributed by atoms with E-state index < -0.39 is 0 Å². The van der Waals surface area contributed by atoms with E-state index in [2.05, 4.69) is 22.9 Å². The van der Waals surface area contributed by atoms with Crippen LogP contribution in [0.3, 0.4) is 0 Å². The average molecular weight is 253 g/mol. The zero-order chi connectivity index (χ0) is 13.0. The molecule has 0 aliphatic rings. The van der Waals surface area contributed by atoms with Crippen molar-refractivity contribution >= 4 is 24.2 Å². The van der Waals surface area contributed by atoms with E-state index >= 15 is 0 Å². The Morgan fingerprint density at radius 2 is 2.06 bits per heavy atom. The van der Waals surface area contributed by atoms with Crippen LogP contribution in [-0.2, 0) is 0 Å². The number of aromatic nitrogens is 1. The Balaban J connectivity index is 2.77. The molecule has 5 heteroatoms. The molecule has 0 radical (unpaired) electrons. The summed E-state index contributed by atoms with van der Waals surface area (Å²) >= 11 is 4.22. The first-order valence-corrected chi connectivity index (χ1v) is 6.11. The first kappa shape index (κ1) is 13.8. The van der Waals surface area contributed by atoms with Crippen molar-refractivity contribution in [1.29, 1.82) is 0 Å². The fourth-order valence-electron chi connectivity index (χ4n) is 1.26. The molecule has 0 aromatic carbocycles. The SMILES string of the molecule is CC(S)Nc1ccc(C(=O)N(C)C(C)C)nc1. The van der Waals surface area contributed by atoms with Crippen molar-refractivity contribution in [3.8, 4) is 0 Å². The molecule has 1 N–H and O–H groups in total. The lowest BCUT2D eigenvalue weighted by molar-refractivity contribution is 0.0749. The molecule has 0 aliphatic heterocycles. The maximum Gasteiger partial charge on any atom is 0.272 e. The highest BCUT2D eigenvalue weighted by atomic mass is 32.1. The third kappa shape index (κ3) is 3.93. The Hall–Kier alpha value is -1.23. The number of carbonyl (C=O) groups is 1. The van der Waals surface area contributed by atoms with Crippen LogP contribution < -0.4 is 5.32 Å². The molecule has 94 valence electrons. The van der Waals surface area contributed by atoms with Gasteiger partial charge in [-0.15, -0.1) is 0 Å². The summed E-state index contributed by atoms with van der Waals surface area (Å²) in [6.07, 6.45) is 1.65. The van der Waals surface area contributed by atoms with Gasteiger partial charge in [0.25, 0.3) is 5.91 Å². The molecule has 0 saturated heterocycles. The smallest absolute Gasteiger partial charge is 0.272 e. The summed E-state index contributed by atoms with van der Waals surface area (Å²) in [5.41, 5.74) is 1.31. The first-order chi connectivity index (χ1) is 7.91. The van der Waals surface area contributed by atoms with E-state index in [-0.39, 0.29) is 17.3 Å². The lowest BCUT2D eigenvalue weighted by atomic mass is 10.2. The zero-order valence-corrected chi connectivity index (χ0v) is 11.5. The lowest BCUT2D eigenvalue weighted by Crippen LogP contribution is -2.33. The van der Waals surface area contributed by atoms with E-state index in [4.69, 9.17) is 0 Å². The third-order valence-electron chi connectivity index (χ3n) is 2.45. The van der Waals surface area contributed by atoms with Gasteiger partial charge in [0.2, 0.25) is 0 Å². The third-order valence-corrected chi connectivity index (χ3v) is 2.58. The Kier molecular flexibility index (Phi) is 4.81. The van der Waals surface area contributed by atoms with Crippen molar-refractivity contribution in [3.63, 3.8) is 0 Å². The molecule has 1 aromatic heterocycles. The van der Waals surface area contributed by atoms with Crippen LogP contribution in [0.2, 0.25) is 0 Å². The van der Waals surface area contributed by atoms with Crippen molar-refractivity contribution in [2.24, 2.45) is 0 Å². The summed E-state index contributed by atoms with van der Waals surface area (Å²) in [6, 6.07) is 3.72. The van der Waals surface area contributed by atoms with Crippen molar-refractivity contribution in [1.82, 2.24) is 9.88 Å². The van der Waals surface area contributed by atoms with Crippen molar-refractivity contribution < 1.29 is 4.79 Å². The quantitative estimate of drug-likeness (QED) is 0.639. The van der Waals surface area contributed by atoms with Crippen LogP contribution in [0.4, 0.5) is 5.69 Å². The largest absolute Gasteiger partial charge is 0.373 e. The van der Waals surface area contributed by atoms with E-state index in [1.807, 2.05) is 26.8 Å². The average Bonchev–Trinajstić information content (AvgIpc) is 2.27. The van der Waals surface area contributed by atoms with Gasteiger partial charge in [-0.1, -0.05) is 0 Å². The Labute approximate surface area is 108 Å². The predicted molar refractivity (Wildman–Crippen MR) is 73.5 cm³/mol. The highest BCUT2D eigenvalue weighted by Crippen LogP contribution is 2.10. The maximum atomic E-state index is 11.9. The van der Waals surface area contributed by atoms with Crippen LogP contribution in [0.1, 0.15) is 31.3 Å². The highest BCUT2D eigenvalue weighted by Gasteiger charge is 2.15. The summed E-state index contributed by atoms with van der Waals surface area (Å²) in [7, 11) is 1.77. The minimum atomic E-state index is -0.0644. The van der Waals surface area contributed by atoms with Crippen molar-refractivity contribution in [3.05, 3.63) is 24.0 Å². The normalized spacial score (nSPS) is 12.4. The molecule has 1 amide bonds. The molecular weight excluding hydrogens is 234 g/mol. The van der Waals surface area contributed by atoms with E-state index in [9.17, 15) is 4.79 Å². The number of thiol groups is 1. The minimum absolute atomic E-state index is 0.0525. The number of nitrogens with one attached hydrogen (secondary N) is 1. The van der Waals surface area contributed by atoms with E-state index in [0.29, 0.717) is 5.69 Å². The van der Waals surface area contributed by atoms with E-state index in [0.717, 1.165) is 5.69 Å². The van der Waals surface area contributed by atoms with Crippen molar-refractivity contribution in [2.75, 3.05) is 12.4 Å². The van der Waals surface area contributed by atoms with Crippen LogP contribution in [0.25, 0.3) is 0 Å². The molecule has 0 spiro atoms. The number of rotatable bonds is 4. The number of carbonyl (C=O) groups excluding carboxylic acids is 1. The molecule has 0 saturated carbocycles. The number of amides is 1. The van der Waals surface area contributed by atoms with Crippen LogP contribution in [0.5, 0.6) is 0 Å². The summed E-state index contributed by atoms with van der Waals surface area (Å²) in [4.78, 5) is 17.8. The minimum Gasteiger partial charge on any atom is -0.373 e.